The maximum atomic E-state index is 13.2. The van der Waals surface area contributed by atoms with Crippen molar-refractivity contribution in [2.24, 2.45) is 10.9 Å². The first kappa shape index (κ1) is 22.6. The van der Waals surface area contributed by atoms with Crippen molar-refractivity contribution >= 4 is 5.96 Å². The zero-order chi connectivity index (χ0) is 20.4. The van der Waals surface area contributed by atoms with Gasteiger partial charge in [0, 0.05) is 52.4 Å². The van der Waals surface area contributed by atoms with Crippen LogP contribution in [0.1, 0.15) is 31.9 Å². The highest BCUT2D eigenvalue weighted by Gasteiger charge is 2.17. The van der Waals surface area contributed by atoms with Crippen molar-refractivity contribution in [1.82, 2.24) is 20.4 Å². The summed E-state index contributed by atoms with van der Waals surface area (Å²) in [6.07, 6.45) is 0.855. The summed E-state index contributed by atoms with van der Waals surface area (Å²) in [7, 11) is 0. The molecule has 1 aliphatic rings. The minimum absolute atomic E-state index is 0.172. The lowest BCUT2D eigenvalue weighted by Gasteiger charge is -2.35. The molecule has 0 amide bonds. The average molecular weight is 392 g/mol. The van der Waals surface area contributed by atoms with E-state index in [1.54, 1.807) is 6.07 Å². The van der Waals surface area contributed by atoms with Crippen LogP contribution in [0, 0.1) is 18.7 Å². The first-order valence-corrected chi connectivity index (χ1v) is 10.7. The Morgan fingerprint density at radius 3 is 2.50 bits per heavy atom. The van der Waals surface area contributed by atoms with Crippen LogP contribution in [-0.2, 0) is 6.42 Å². The molecule has 0 aliphatic carbocycles. The van der Waals surface area contributed by atoms with Gasteiger partial charge in [-0.15, -0.1) is 0 Å². The Morgan fingerprint density at radius 2 is 1.86 bits per heavy atom. The summed E-state index contributed by atoms with van der Waals surface area (Å²) in [6.45, 7) is 17.9. The Labute approximate surface area is 170 Å². The highest BCUT2D eigenvalue weighted by molar-refractivity contribution is 5.79. The number of nitrogens with zero attached hydrogens (tertiary/aromatic N) is 3. The van der Waals surface area contributed by atoms with Crippen LogP contribution in [-0.4, -0.2) is 74.7 Å². The summed E-state index contributed by atoms with van der Waals surface area (Å²) in [5, 5.41) is 6.73. The molecule has 1 saturated heterocycles. The minimum Gasteiger partial charge on any atom is -0.357 e. The van der Waals surface area contributed by atoms with Crippen molar-refractivity contribution in [2.75, 3.05) is 58.9 Å². The zero-order valence-corrected chi connectivity index (χ0v) is 18.1. The fraction of sp³-hybridized carbons (Fsp3) is 0.682. The predicted octanol–water partition coefficient (Wildman–Crippen LogP) is 2.51. The molecule has 1 aromatic carbocycles. The Kier molecular flexibility index (Phi) is 9.71. The molecule has 0 saturated carbocycles. The fourth-order valence-electron chi connectivity index (χ4n) is 3.63. The maximum Gasteiger partial charge on any atom is 0.191 e. The number of halogens is 1. The van der Waals surface area contributed by atoms with E-state index in [9.17, 15) is 4.39 Å². The maximum absolute atomic E-state index is 13.2. The molecular weight excluding hydrogens is 353 g/mol. The highest BCUT2D eigenvalue weighted by Crippen LogP contribution is 2.10. The van der Waals surface area contributed by atoms with Crippen molar-refractivity contribution in [3.63, 3.8) is 0 Å². The number of aliphatic imine (C=N–C) groups is 1. The Bertz CT molecular complexity index is 611. The van der Waals surface area contributed by atoms with E-state index in [1.807, 2.05) is 13.0 Å². The van der Waals surface area contributed by atoms with Gasteiger partial charge >= 0.3 is 0 Å². The second-order valence-corrected chi connectivity index (χ2v) is 7.81. The fourth-order valence-corrected chi connectivity index (χ4v) is 3.63. The SMILES string of the molecule is CCNC(=NCC(C)CN1CCN(CC)CC1)NCCc1ccc(F)cc1C. The second-order valence-electron chi connectivity index (χ2n) is 7.81. The lowest BCUT2D eigenvalue weighted by atomic mass is 10.1. The zero-order valence-electron chi connectivity index (χ0n) is 18.1. The second kappa shape index (κ2) is 12.0. The number of piperazine rings is 1. The average Bonchev–Trinajstić information content (AvgIpc) is 2.68. The summed E-state index contributed by atoms with van der Waals surface area (Å²) >= 11 is 0. The van der Waals surface area contributed by atoms with Crippen LogP contribution in [0.3, 0.4) is 0 Å². The van der Waals surface area contributed by atoms with Gasteiger partial charge < -0.3 is 20.4 Å². The van der Waals surface area contributed by atoms with Crippen LogP contribution < -0.4 is 10.6 Å². The van der Waals surface area contributed by atoms with Gasteiger partial charge in [-0.3, -0.25) is 4.99 Å². The van der Waals surface area contributed by atoms with Gasteiger partial charge in [-0.1, -0.05) is 19.9 Å². The van der Waals surface area contributed by atoms with Gasteiger partial charge in [0.15, 0.2) is 5.96 Å². The predicted molar refractivity (Wildman–Crippen MR) is 117 cm³/mol. The molecule has 1 atom stereocenters. The molecule has 0 spiro atoms. The van der Waals surface area contributed by atoms with Crippen LogP contribution in [0.4, 0.5) is 4.39 Å². The third-order valence-electron chi connectivity index (χ3n) is 5.38. The molecule has 0 bridgehead atoms. The van der Waals surface area contributed by atoms with Crippen molar-refractivity contribution in [3.8, 4) is 0 Å². The number of rotatable bonds is 9. The molecule has 0 aromatic heterocycles. The van der Waals surface area contributed by atoms with Gasteiger partial charge in [0.05, 0.1) is 0 Å². The van der Waals surface area contributed by atoms with E-state index >= 15 is 0 Å². The summed E-state index contributed by atoms with van der Waals surface area (Å²) in [5.41, 5.74) is 2.17. The van der Waals surface area contributed by atoms with Crippen LogP contribution in [0.15, 0.2) is 23.2 Å². The van der Waals surface area contributed by atoms with Gasteiger partial charge in [-0.25, -0.2) is 4.39 Å². The van der Waals surface area contributed by atoms with Gasteiger partial charge in [0.2, 0.25) is 0 Å². The number of likely N-dealkylation sites (N-methyl/N-ethyl adjacent to an activating group) is 1. The first-order valence-electron chi connectivity index (χ1n) is 10.7. The molecule has 2 N–H and O–H groups in total. The van der Waals surface area contributed by atoms with Crippen LogP contribution >= 0.6 is 0 Å². The number of guanidine groups is 1. The van der Waals surface area contributed by atoms with E-state index < -0.39 is 0 Å². The molecule has 28 heavy (non-hydrogen) atoms. The third kappa shape index (κ3) is 7.76. The molecule has 6 heteroatoms. The largest absolute Gasteiger partial charge is 0.357 e. The van der Waals surface area contributed by atoms with Crippen LogP contribution in [0.5, 0.6) is 0 Å². The number of hydrogen-bond donors (Lipinski definition) is 2. The number of hydrogen-bond acceptors (Lipinski definition) is 3. The quantitative estimate of drug-likeness (QED) is 0.501. The van der Waals surface area contributed by atoms with E-state index in [0.29, 0.717) is 5.92 Å². The molecule has 158 valence electrons. The van der Waals surface area contributed by atoms with E-state index in [-0.39, 0.29) is 5.82 Å². The Hall–Kier alpha value is -1.66. The number of nitrogens with one attached hydrogen (secondary N) is 2. The van der Waals surface area contributed by atoms with E-state index in [1.165, 1.54) is 24.7 Å². The van der Waals surface area contributed by atoms with Gasteiger partial charge in [0.1, 0.15) is 5.82 Å². The van der Waals surface area contributed by atoms with Crippen molar-refractivity contribution in [3.05, 3.63) is 35.1 Å². The van der Waals surface area contributed by atoms with E-state index in [2.05, 4.69) is 41.2 Å². The first-order chi connectivity index (χ1) is 13.5. The lowest BCUT2D eigenvalue weighted by Crippen LogP contribution is -2.47. The molecule has 0 radical (unpaired) electrons. The summed E-state index contributed by atoms with van der Waals surface area (Å²) < 4.78 is 13.2. The lowest BCUT2D eigenvalue weighted by molar-refractivity contribution is 0.125. The molecule has 1 fully saturated rings. The minimum atomic E-state index is -0.172. The molecule has 1 unspecified atom stereocenters. The summed E-state index contributed by atoms with van der Waals surface area (Å²) in [4.78, 5) is 9.84. The van der Waals surface area contributed by atoms with Crippen LogP contribution in [0.25, 0.3) is 0 Å². The van der Waals surface area contributed by atoms with Gasteiger partial charge in [-0.05, 0) is 56.0 Å². The highest BCUT2D eigenvalue weighted by atomic mass is 19.1. The van der Waals surface area contributed by atoms with E-state index in [4.69, 9.17) is 4.99 Å². The Morgan fingerprint density at radius 1 is 1.14 bits per heavy atom. The molecule has 5 nitrogen and oxygen atoms in total. The van der Waals surface area contributed by atoms with Crippen LogP contribution in [0.2, 0.25) is 0 Å². The molecule has 2 rings (SSSR count). The monoisotopic (exact) mass is 391 g/mol. The normalized spacial score (nSPS) is 17.5. The Balaban J connectivity index is 1.76. The molecule has 1 aliphatic heterocycles. The third-order valence-corrected chi connectivity index (χ3v) is 5.38. The van der Waals surface area contributed by atoms with Crippen molar-refractivity contribution in [1.29, 1.82) is 0 Å². The number of aryl methyl sites for hydroxylation is 1. The molecule has 1 aromatic rings. The van der Waals surface area contributed by atoms with E-state index in [0.717, 1.165) is 63.8 Å². The smallest absolute Gasteiger partial charge is 0.191 e. The van der Waals surface area contributed by atoms with Gasteiger partial charge in [-0.2, -0.15) is 0 Å². The standard InChI is InChI=1S/C22H38FN5/c1-5-24-22(25-10-9-20-7-8-21(23)15-19(20)4)26-16-18(3)17-28-13-11-27(6-2)12-14-28/h7-8,15,18H,5-6,9-14,16-17H2,1-4H3,(H2,24,25,26). The topological polar surface area (TPSA) is 42.9 Å². The van der Waals surface area contributed by atoms with Crippen molar-refractivity contribution < 1.29 is 4.39 Å². The molecular formula is C22H38FN5. The van der Waals surface area contributed by atoms with Gasteiger partial charge in [0.25, 0.3) is 0 Å². The summed E-state index contributed by atoms with van der Waals surface area (Å²) in [5.74, 6) is 1.22. The number of benzene rings is 1. The molecule has 1 heterocycles. The summed E-state index contributed by atoms with van der Waals surface area (Å²) in [6, 6.07) is 5.00. The van der Waals surface area contributed by atoms with Crippen molar-refractivity contribution in [2.45, 2.75) is 34.1 Å².